The van der Waals surface area contributed by atoms with Crippen molar-refractivity contribution in [2.24, 2.45) is 7.05 Å². The van der Waals surface area contributed by atoms with Gasteiger partial charge in [-0.2, -0.15) is 4.98 Å². The van der Waals surface area contributed by atoms with Gasteiger partial charge in [-0.25, -0.2) is 4.98 Å². The van der Waals surface area contributed by atoms with E-state index in [9.17, 15) is 4.79 Å². The van der Waals surface area contributed by atoms with E-state index >= 15 is 0 Å². The second-order valence-electron chi connectivity index (χ2n) is 6.16. The zero-order chi connectivity index (χ0) is 16.5. The Morgan fingerprint density at radius 2 is 1.88 bits per heavy atom. The minimum Gasteiger partial charge on any atom is -0.338 e. The van der Waals surface area contributed by atoms with Gasteiger partial charge in [0.15, 0.2) is 5.65 Å². The van der Waals surface area contributed by atoms with E-state index in [0.29, 0.717) is 17.0 Å². The van der Waals surface area contributed by atoms with Crippen LogP contribution >= 0.6 is 0 Å². The highest BCUT2D eigenvalue weighted by Crippen LogP contribution is 2.15. The molecule has 24 heavy (non-hydrogen) atoms. The van der Waals surface area contributed by atoms with Crippen molar-refractivity contribution in [1.29, 1.82) is 0 Å². The highest BCUT2D eigenvalue weighted by Gasteiger charge is 2.20. The Balaban J connectivity index is 1.45. The lowest BCUT2D eigenvalue weighted by atomic mass is 10.2. The van der Waals surface area contributed by atoms with Crippen LogP contribution < -0.4 is 10.5 Å². The van der Waals surface area contributed by atoms with Gasteiger partial charge in [-0.05, 0) is 5.56 Å². The molecule has 124 valence electrons. The maximum Gasteiger partial charge on any atom is 0.277 e. The number of hydrogen-bond donors (Lipinski definition) is 1. The van der Waals surface area contributed by atoms with E-state index in [1.165, 1.54) is 10.2 Å². The molecule has 0 atom stereocenters. The minimum absolute atomic E-state index is 0.0933. The molecule has 0 radical (unpaired) electrons. The van der Waals surface area contributed by atoms with E-state index in [-0.39, 0.29) is 5.56 Å². The van der Waals surface area contributed by atoms with E-state index < -0.39 is 0 Å². The van der Waals surface area contributed by atoms with Gasteiger partial charge in [0.1, 0.15) is 5.39 Å². The van der Waals surface area contributed by atoms with Gasteiger partial charge in [0.2, 0.25) is 5.95 Å². The molecule has 0 amide bonds. The zero-order valence-electron chi connectivity index (χ0n) is 13.6. The third kappa shape index (κ3) is 2.78. The van der Waals surface area contributed by atoms with Crippen LogP contribution in [-0.4, -0.2) is 50.8 Å². The number of anilines is 1. The molecule has 1 aliphatic heterocycles. The highest BCUT2D eigenvalue weighted by molar-refractivity contribution is 5.73. The number of benzene rings is 1. The summed E-state index contributed by atoms with van der Waals surface area (Å²) in [5.41, 5.74) is 1.84. The maximum atomic E-state index is 11.9. The van der Waals surface area contributed by atoms with E-state index in [0.717, 1.165) is 32.7 Å². The summed E-state index contributed by atoms with van der Waals surface area (Å²) in [4.78, 5) is 25.4. The maximum absolute atomic E-state index is 11.9. The van der Waals surface area contributed by atoms with Crippen LogP contribution in [0.3, 0.4) is 0 Å². The summed E-state index contributed by atoms with van der Waals surface area (Å²) >= 11 is 0. The Morgan fingerprint density at radius 1 is 1.12 bits per heavy atom. The topological polar surface area (TPSA) is 70.1 Å². The molecule has 7 nitrogen and oxygen atoms in total. The molecule has 2 aromatic heterocycles. The van der Waals surface area contributed by atoms with E-state index in [1.54, 1.807) is 13.2 Å². The van der Waals surface area contributed by atoms with Crippen LogP contribution in [-0.2, 0) is 13.6 Å². The molecule has 4 rings (SSSR count). The number of H-pyrrole nitrogens is 1. The molecule has 0 saturated carbocycles. The summed E-state index contributed by atoms with van der Waals surface area (Å²) < 4.78 is 1.43. The van der Waals surface area contributed by atoms with Gasteiger partial charge >= 0.3 is 0 Å². The first-order valence-corrected chi connectivity index (χ1v) is 8.14. The number of hydrogen-bond acceptors (Lipinski definition) is 5. The predicted octanol–water partition coefficient (Wildman–Crippen LogP) is 0.979. The van der Waals surface area contributed by atoms with Crippen molar-refractivity contribution in [2.45, 2.75) is 6.54 Å². The van der Waals surface area contributed by atoms with Crippen LogP contribution in [0.2, 0.25) is 0 Å². The number of rotatable bonds is 3. The summed E-state index contributed by atoms with van der Waals surface area (Å²) in [7, 11) is 1.69. The van der Waals surface area contributed by atoms with Crippen LogP contribution in [0.25, 0.3) is 11.0 Å². The lowest BCUT2D eigenvalue weighted by molar-refractivity contribution is 0.249. The van der Waals surface area contributed by atoms with Crippen LogP contribution in [0, 0.1) is 0 Å². The fourth-order valence-corrected chi connectivity index (χ4v) is 3.10. The molecule has 0 aliphatic carbocycles. The highest BCUT2D eigenvalue weighted by atomic mass is 16.1. The van der Waals surface area contributed by atoms with Crippen molar-refractivity contribution in [3.05, 3.63) is 52.4 Å². The number of nitrogens with one attached hydrogen (secondary N) is 1. The largest absolute Gasteiger partial charge is 0.338 e. The van der Waals surface area contributed by atoms with Gasteiger partial charge in [0.25, 0.3) is 5.56 Å². The van der Waals surface area contributed by atoms with Gasteiger partial charge in [-0.1, -0.05) is 30.3 Å². The van der Waals surface area contributed by atoms with Crippen molar-refractivity contribution >= 4 is 17.0 Å². The molecule has 3 aromatic rings. The molecule has 1 fully saturated rings. The Hall–Kier alpha value is -2.67. The summed E-state index contributed by atoms with van der Waals surface area (Å²) in [6.07, 6.45) is 1.62. The predicted molar refractivity (Wildman–Crippen MR) is 93.1 cm³/mol. The number of aryl methyl sites for hydroxylation is 1. The summed E-state index contributed by atoms with van der Waals surface area (Å²) in [5, 5.41) is 3.50. The zero-order valence-corrected chi connectivity index (χ0v) is 13.6. The van der Waals surface area contributed by atoms with Crippen LogP contribution in [0.5, 0.6) is 0 Å². The molecule has 3 heterocycles. The minimum atomic E-state index is -0.0933. The number of aromatic nitrogens is 4. The molecule has 0 spiro atoms. The second kappa shape index (κ2) is 6.09. The molecule has 1 saturated heterocycles. The first-order chi connectivity index (χ1) is 11.7. The lowest BCUT2D eigenvalue weighted by Gasteiger charge is -2.34. The lowest BCUT2D eigenvalue weighted by Crippen LogP contribution is -2.46. The summed E-state index contributed by atoms with van der Waals surface area (Å²) in [6.45, 7) is 4.69. The third-order valence-corrected chi connectivity index (χ3v) is 4.49. The quantitative estimate of drug-likeness (QED) is 0.778. The van der Waals surface area contributed by atoms with Crippen molar-refractivity contribution in [3.63, 3.8) is 0 Å². The monoisotopic (exact) mass is 324 g/mol. The SMILES string of the molecule is Cn1[nH]c2nc(N3CCN(Cc4ccccc4)CC3)ncc2c1=O. The van der Waals surface area contributed by atoms with E-state index in [2.05, 4.69) is 49.1 Å². The standard InChI is InChI=1S/C17H20N6O/c1-21-16(24)14-11-18-17(19-15(14)20-21)23-9-7-22(8-10-23)12-13-5-3-2-4-6-13/h2-6,11H,7-10,12H2,1H3,(H,18,19,20). The molecule has 1 N–H and O–H groups in total. The van der Waals surface area contributed by atoms with Gasteiger partial charge < -0.3 is 4.90 Å². The van der Waals surface area contributed by atoms with Crippen LogP contribution in [0.4, 0.5) is 5.95 Å². The van der Waals surface area contributed by atoms with Crippen LogP contribution in [0.1, 0.15) is 5.56 Å². The fraction of sp³-hybridized carbons (Fsp3) is 0.353. The second-order valence-corrected chi connectivity index (χ2v) is 6.16. The van der Waals surface area contributed by atoms with Gasteiger partial charge in [0, 0.05) is 46.0 Å². The van der Waals surface area contributed by atoms with Gasteiger partial charge in [-0.3, -0.25) is 19.5 Å². The Morgan fingerprint density at radius 3 is 2.62 bits per heavy atom. The number of aromatic amines is 1. The fourth-order valence-electron chi connectivity index (χ4n) is 3.10. The first kappa shape index (κ1) is 14.9. The van der Waals surface area contributed by atoms with Crippen molar-refractivity contribution in [3.8, 4) is 0 Å². The molecule has 7 heteroatoms. The number of fused-ring (bicyclic) bond motifs is 1. The van der Waals surface area contributed by atoms with Crippen molar-refractivity contribution < 1.29 is 0 Å². The normalized spacial score (nSPS) is 16.0. The third-order valence-electron chi connectivity index (χ3n) is 4.49. The Labute approximate surface area is 139 Å². The molecule has 1 aromatic carbocycles. The van der Waals surface area contributed by atoms with Gasteiger partial charge in [-0.15, -0.1) is 0 Å². The molecule has 0 unspecified atom stereocenters. The molecule has 1 aliphatic rings. The Kier molecular flexibility index (Phi) is 3.78. The first-order valence-electron chi connectivity index (χ1n) is 8.14. The smallest absolute Gasteiger partial charge is 0.277 e. The molecular formula is C17H20N6O. The van der Waals surface area contributed by atoms with Crippen molar-refractivity contribution in [1.82, 2.24) is 24.6 Å². The molecular weight excluding hydrogens is 304 g/mol. The average molecular weight is 324 g/mol. The number of piperazine rings is 1. The van der Waals surface area contributed by atoms with Crippen LogP contribution in [0.15, 0.2) is 41.3 Å². The number of nitrogens with zero attached hydrogens (tertiary/aromatic N) is 5. The molecule has 0 bridgehead atoms. The van der Waals surface area contributed by atoms with E-state index in [4.69, 9.17) is 0 Å². The van der Waals surface area contributed by atoms with E-state index in [1.807, 2.05) is 6.07 Å². The summed E-state index contributed by atoms with van der Waals surface area (Å²) in [6, 6.07) is 10.5. The van der Waals surface area contributed by atoms with Gasteiger partial charge in [0.05, 0.1) is 0 Å². The average Bonchev–Trinajstić information content (AvgIpc) is 2.90. The Bertz CT molecular complexity index is 892. The summed E-state index contributed by atoms with van der Waals surface area (Å²) in [5.74, 6) is 0.684. The van der Waals surface area contributed by atoms with Crippen molar-refractivity contribution in [2.75, 3.05) is 31.1 Å².